The van der Waals surface area contributed by atoms with Crippen molar-refractivity contribution in [2.24, 2.45) is 0 Å². The minimum Gasteiger partial charge on any atom is -0.463 e. The van der Waals surface area contributed by atoms with E-state index >= 15 is 0 Å². The number of unbranched alkanes of at least 4 members (excludes halogenated alkanes) is 29. The van der Waals surface area contributed by atoms with Gasteiger partial charge in [0.05, 0.1) is 26.4 Å². The van der Waals surface area contributed by atoms with Crippen molar-refractivity contribution in [3.8, 4) is 0 Å². The van der Waals surface area contributed by atoms with Crippen molar-refractivity contribution in [1.29, 1.82) is 0 Å². The number of hydrogen-bond acceptors (Lipinski definition) is 14. The van der Waals surface area contributed by atoms with Crippen LogP contribution >= 0.6 is 15.6 Å². The number of rotatable bonds is 82. The third-order valence-electron chi connectivity index (χ3n) is 18.1. The van der Waals surface area contributed by atoms with Gasteiger partial charge in [-0.05, 0) is 161 Å². The zero-order valence-corrected chi connectivity index (χ0v) is 72.5. The molecule has 644 valence electrons. The summed E-state index contributed by atoms with van der Waals surface area (Å²) in [6.45, 7) is 2.41. The first-order chi connectivity index (χ1) is 55.2. The topological polar surface area (TPSA) is 231 Å². The molecule has 16 nitrogen and oxygen atoms in total. The van der Waals surface area contributed by atoms with E-state index in [4.69, 9.17) is 32.3 Å². The average Bonchev–Trinajstić information content (AvgIpc) is 0.898. The van der Waals surface area contributed by atoms with Crippen molar-refractivity contribution in [3.05, 3.63) is 182 Å². The molecule has 18 heteroatoms. The normalized spacial score (nSPS) is 14.7. The number of esters is 3. The van der Waals surface area contributed by atoms with Gasteiger partial charge in [-0.25, -0.2) is 9.13 Å². The fourth-order valence-electron chi connectivity index (χ4n) is 11.5. The van der Waals surface area contributed by atoms with Crippen molar-refractivity contribution in [1.82, 2.24) is 0 Å². The summed E-state index contributed by atoms with van der Waals surface area (Å²) in [5.74, 6) is -1.61. The van der Waals surface area contributed by atoms with Gasteiger partial charge < -0.3 is 34.2 Å². The van der Waals surface area contributed by atoms with Crippen LogP contribution in [0.15, 0.2) is 182 Å². The van der Waals surface area contributed by atoms with Gasteiger partial charge in [-0.2, -0.15) is 0 Å². The lowest BCUT2D eigenvalue weighted by atomic mass is 10.0. The zero-order valence-electron chi connectivity index (χ0n) is 70.7. The maximum atomic E-state index is 13.0. The highest BCUT2D eigenvalue weighted by molar-refractivity contribution is 7.47. The minimum atomic E-state index is -4.95. The molecular formula is C95H158O16P2. The molecule has 0 rings (SSSR count). The standard InChI is InChI=1S/C95H158O16P2/c1-4-7-10-13-16-19-22-25-28-31-34-37-39-41-43-44-46-48-49-52-54-57-60-63-66-69-72-75-78-81-93(98)105-84-90(96)85-107-112(101,102)108-86-91(97)87-109-113(103,104)110-89-92(111-95(100)83-80-77-74-71-68-65-62-59-56-51-36-33-30-27-24-21-18-15-12-9-6-3)88-106-94(99)82-79-76-73-70-67-64-61-58-55-53-50-47-45-42-40-38-35-32-29-26-23-20-17-14-11-8-5-2/h7-8,10-11,16-21,25-30,34-38,41-43,45,50-51,53,59,62,90-92,96-97H,4-6,9,12-15,22-24,31-33,39-40,44,46-49,52,54-58,60-61,63-89H2,1-3H3,(H,101,102)(H,103,104)/b10-7-,11-8-,19-16-,20-17-,21-18-,28-25-,29-26-,30-27-,37-34-,38-35-,43-41-,45-42-,51-36-,53-50-,62-59-. The number of aliphatic hydroxyl groups is 2. The van der Waals surface area contributed by atoms with E-state index in [0.717, 1.165) is 199 Å². The fraction of sp³-hybridized carbons (Fsp3) is 0.653. The van der Waals surface area contributed by atoms with Crippen LogP contribution in [0.5, 0.6) is 0 Å². The van der Waals surface area contributed by atoms with Gasteiger partial charge in [-0.3, -0.25) is 32.5 Å². The maximum absolute atomic E-state index is 13.0. The molecule has 0 radical (unpaired) electrons. The number of ether oxygens (including phenoxy) is 3. The van der Waals surface area contributed by atoms with E-state index < -0.39 is 91.5 Å². The Labute approximate surface area is 687 Å². The van der Waals surface area contributed by atoms with E-state index in [-0.39, 0.29) is 19.3 Å². The molecule has 0 aromatic heterocycles. The first-order valence-electron chi connectivity index (χ1n) is 44.1. The average molecular weight is 1620 g/mol. The van der Waals surface area contributed by atoms with Crippen LogP contribution in [-0.4, -0.2) is 95.9 Å². The molecular weight excluding hydrogens is 1460 g/mol. The summed E-state index contributed by atoms with van der Waals surface area (Å²) >= 11 is 0. The molecule has 0 amide bonds. The molecule has 113 heavy (non-hydrogen) atoms. The predicted octanol–water partition coefficient (Wildman–Crippen LogP) is 26.9. The molecule has 0 aliphatic heterocycles. The second-order valence-corrected chi connectivity index (χ2v) is 31.8. The number of allylic oxidation sites excluding steroid dienone is 30. The van der Waals surface area contributed by atoms with Gasteiger partial charge in [-0.1, -0.05) is 344 Å². The molecule has 0 fully saturated rings. The van der Waals surface area contributed by atoms with Crippen LogP contribution in [0, 0.1) is 0 Å². The second-order valence-electron chi connectivity index (χ2n) is 28.9. The monoisotopic (exact) mass is 1620 g/mol. The first-order valence-corrected chi connectivity index (χ1v) is 47.1. The van der Waals surface area contributed by atoms with E-state index in [2.05, 4.69) is 203 Å². The molecule has 0 aromatic carbocycles. The Morgan fingerprint density at radius 2 is 0.469 bits per heavy atom. The summed E-state index contributed by atoms with van der Waals surface area (Å²) in [5, 5.41) is 20.7. The van der Waals surface area contributed by atoms with Gasteiger partial charge in [0.15, 0.2) is 6.10 Å². The van der Waals surface area contributed by atoms with Crippen LogP contribution in [0.25, 0.3) is 0 Å². The molecule has 0 saturated heterocycles. The highest BCUT2D eigenvalue weighted by Gasteiger charge is 2.29. The number of hydrogen-bond donors (Lipinski definition) is 4. The Balaban J connectivity index is 4.66. The van der Waals surface area contributed by atoms with E-state index in [0.29, 0.717) is 19.3 Å². The van der Waals surface area contributed by atoms with Crippen molar-refractivity contribution >= 4 is 33.6 Å². The molecule has 0 aliphatic carbocycles. The van der Waals surface area contributed by atoms with Crippen LogP contribution in [0.3, 0.4) is 0 Å². The lowest BCUT2D eigenvalue weighted by Crippen LogP contribution is -2.30. The summed E-state index contributed by atoms with van der Waals surface area (Å²) in [5.41, 5.74) is 0. The molecule has 0 heterocycles. The molecule has 0 spiro atoms. The molecule has 5 atom stereocenters. The lowest BCUT2D eigenvalue weighted by molar-refractivity contribution is -0.161. The minimum absolute atomic E-state index is 0.0756. The SMILES string of the molecule is CC/C=C\C/C=C\C/C=C\C/C=C\C/C=C\C/C=C\CCCCCCCCCCC(=O)OCC(COP(=O)(O)OCC(O)COP(=O)(O)OCC(O)COC(=O)CCCCCCCCCCCCCCC/C=C\C/C=C\C/C=C\C/C=C\C/C=C\CC)OC(=O)CCCCCCC/C=C\C/C=C\C/C=C\C/C=C\CCCCC. The highest BCUT2D eigenvalue weighted by atomic mass is 31.2. The Kier molecular flexibility index (Phi) is 81.9. The van der Waals surface area contributed by atoms with Gasteiger partial charge in [0.2, 0.25) is 0 Å². The van der Waals surface area contributed by atoms with Crippen molar-refractivity contribution in [2.75, 3.05) is 39.6 Å². The lowest BCUT2D eigenvalue weighted by Gasteiger charge is -2.21. The van der Waals surface area contributed by atoms with E-state index in [9.17, 15) is 43.5 Å². The van der Waals surface area contributed by atoms with Crippen LogP contribution in [-0.2, 0) is 55.8 Å². The smallest absolute Gasteiger partial charge is 0.463 e. The third kappa shape index (κ3) is 87.3. The van der Waals surface area contributed by atoms with Crippen LogP contribution < -0.4 is 0 Å². The summed E-state index contributed by atoms with van der Waals surface area (Å²) in [7, 11) is -9.82. The molecule has 4 N–H and O–H groups in total. The Morgan fingerprint density at radius 1 is 0.257 bits per heavy atom. The van der Waals surface area contributed by atoms with Crippen molar-refractivity contribution in [3.63, 3.8) is 0 Å². The van der Waals surface area contributed by atoms with Gasteiger partial charge in [0, 0.05) is 19.3 Å². The summed E-state index contributed by atoms with van der Waals surface area (Å²) in [4.78, 5) is 58.9. The van der Waals surface area contributed by atoms with E-state index in [1.165, 1.54) is 83.5 Å². The summed E-state index contributed by atoms with van der Waals surface area (Å²) < 4.78 is 61.4. The largest absolute Gasteiger partial charge is 0.472 e. The first kappa shape index (κ1) is 108. The van der Waals surface area contributed by atoms with Crippen LogP contribution in [0.4, 0.5) is 0 Å². The Bertz CT molecular complexity index is 2780. The van der Waals surface area contributed by atoms with Crippen LogP contribution in [0.2, 0.25) is 0 Å². The van der Waals surface area contributed by atoms with Crippen LogP contribution in [0.1, 0.15) is 342 Å². The summed E-state index contributed by atoms with van der Waals surface area (Å²) in [6.07, 6.45) is 112. The van der Waals surface area contributed by atoms with Crippen molar-refractivity contribution < 1.29 is 75.8 Å². The Hall–Kier alpha value is -5.35. The van der Waals surface area contributed by atoms with Crippen molar-refractivity contribution in [2.45, 2.75) is 360 Å². The maximum Gasteiger partial charge on any atom is 0.472 e. The molecule has 0 saturated carbocycles. The van der Waals surface area contributed by atoms with Gasteiger partial charge >= 0.3 is 33.6 Å². The van der Waals surface area contributed by atoms with E-state index in [1.807, 2.05) is 0 Å². The molecule has 0 aromatic rings. The molecule has 0 aliphatic rings. The Morgan fingerprint density at radius 3 is 0.743 bits per heavy atom. The molecule has 5 unspecified atom stereocenters. The highest BCUT2D eigenvalue weighted by Crippen LogP contribution is 2.45. The molecule has 0 bridgehead atoms. The number of phosphoric ester groups is 2. The summed E-state index contributed by atoms with van der Waals surface area (Å²) in [6, 6.07) is 0. The van der Waals surface area contributed by atoms with Gasteiger partial charge in [0.1, 0.15) is 25.4 Å². The zero-order chi connectivity index (χ0) is 82.2. The number of carbonyl (C=O) groups excluding carboxylic acids is 3. The quantitative estimate of drug-likeness (QED) is 0.0146. The number of carbonyl (C=O) groups is 3. The second kappa shape index (κ2) is 86.0. The fourth-order valence-corrected chi connectivity index (χ4v) is 13.1. The van der Waals surface area contributed by atoms with E-state index in [1.54, 1.807) is 0 Å². The third-order valence-corrected chi connectivity index (χ3v) is 20.0. The number of phosphoric acid groups is 2. The van der Waals surface area contributed by atoms with Gasteiger partial charge in [-0.15, -0.1) is 0 Å². The number of aliphatic hydroxyl groups excluding tert-OH is 2. The van der Waals surface area contributed by atoms with Gasteiger partial charge in [0.25, 0.3) is 0 Å². The predicted molar refractivity (Wildman–Crippen MR) is 472 cm³/mol.